The number of rotatable bonds is 6. The maximum Gasteiger partial charge on any atom is 0.270 e. The summed E-state index contributed by atoms with van der Waals surface area (Å²) in [5.74, 6) is -0.767. The summed E-state index contributed by atoms with van der Waals surface area (Å²) in [4.78, 5) is 17.5. The lowest BCUT2D eigenvalue weighted by atomic mass is 10.3. The Kier molecular flexibility index (Phi) is 5.65. The first-order valence-electron chi connectivity index (χ1n) is 7.57. The minimum absolute atomic E-state index is 0.0350. The molecule has 0 saturated heterocycles. The number of thioether (sulfide) groups is 1. The number of amides is 1. The molecule has 3 N–H and O–H groups in total. The van der Waals surface area contributed by atoms with Crippen LogP contribution in [0.15, 0.2) is 52.0 Å². The number of hydrogen-bond acceptors (Lipinski definition) is 6. The number of carbonyl (C=O) groups is 1. The van der Waals surface area contributed by atoms with Crippen LogP contribution in [0.25, 0.3) is 5.69 Å². The molecule has 0 saturated carbocycles. The third-order valence-electron chi connectivity index (χ3n) is 3.57. The summed E-state index contributed by atoms with van der Waals surface area (Å²) >= 11 is 2.35. The van der Waals surface area contributed by atoms with Gasteiger partial charge in [-0.15, -0.1) is 11.3 Å². The molecule has 0 aliphatic heterocycles. The summed E-state index contributed by atoms with van der Waals surface area (Å²) in [6.07, 6.45) is 3.26. The lowest BCUT2D eigenvalue weighted by Crippen LogP contribution is -2.25. The molecule has 2 aromatic heterocycles. The van der Waals surface area contributed by atoms with Gasteiger partial charge in [0.1, 0.15) is 15.7 Å². The number of nitrogens with one attached hydrogen (secondary N) is 1. The van der Waals surface area contributed by atoms with Gasteiger partial charge in [0.2, 0.25) is 10.0 Å². The Balaban J connectivity index is 1.82. The van der Waals surface area contributed by atoms with Crippen LogP contribution in [0.4, 0.5) is 4.39 Å². The predicted octanol–water partition coefficient (Wildman–Crippen LogP) is 2.37. The van der Waals surface area contributed by atoms with Crippen molar-refractivity contribution in [3.63, 3.8) is 0 Å². The second-order valence-electron chi connectivity index (χ2n) is 5.39. The van der Waals surface area contributed by atoms with E-state index < -0.39 is 15.9 Å². The van der Waals surface area contributed by atoms with Crippen LogP contribution in [0.1, 0.15) is 15.4 Å². The number of primary sulfonamides is 1. The highest BCUT2D eigenvalue weighted by Crippen LogP contribution is 2.23. The number of hydrogen-bond donors (Lipinski definition) is 2. The summed E-state index contributed by atoms with van der Waals surface area (Å²) in [5.41, 5.74) is 0.894. The third-order valence-corrected chi connectivity index (χ3v) is 6.75. The Morgan fingerprint density at radius 3 is 2.59 bits per heavy atom. The van der Waals surface area contributed by atoms with Gasteiger partial charge < -0.3 is 5.32 Å². The molecule has 142 valence electrons. The molecule has 0 radical (unpaired) electrons. The first-order valence-corrected chi connectivity index (χ1v) is 11.2. The molecule has 1 amide bonds. The van der Waals surface area contributed by atoms with Crippen molar-refractivity contribution in [2.45, 2.75) is 15.9 Å². The van der Waals surface area contributed by atoms with Gasteiger partial charge in [0.15, 0.2) is 5.16 Å². The van der Waals surface area contributed by atoms with Crippen LogP contribution < -0.4 is 10.5 Å². The van der Waals surface area contributed by atoms with Crippen LogP contribution in [0.3, 0.4) is 0 Å². The molecule has 27 heavy (non-hydrogen) atoms. The Morgan fingerprint density at radius 2 is 2.00 bits per heavy atom. The van der Waals surface area contributed by atoms with E-state index >= 15 is 0 Å². The van der Waals surface area contributed by atoms with Gasteiger partial charge in [-0.1, -0.05) is 11.8 Å². The molecule has 7 nitrogen and oxygen atoms in total. The fourth-order valence-corrected chi connectivity index (χ4v) is 4.61. The highest BCUT2D eigenvalue weighted by molar-refractivity contribution is 7.98. The molecular formula is C16H15FN4O3S3. The molecule has 0 atom stereocenters. The van der Waals surface area contributed by atoms with Crippen molar-refractivity contribution in [1.82, 2.24) is 14.9 Å². The van der Waals surface area contributed by atoms with Gasteiger partial charge in [-0.05, 0) is 42.7 Å². The number of aromatic nitrogens is 2. The van der Waals surface area contributed by atoms with E-state index in [1.54, 1.807) is 22.8 Å². The number of halogens is 1. The fourth-order valence-electron chi connectivity index (χ4n) is 2.34. The second-order valence-corrected chi connectivity index (χ2v) is 9.12. The van der Waals surface area contributed by atoms with Crippen LogP contribution in [0, 0.1) is 5.82 Å². The molecular weight excluding hydrogens is 411 g/mol. The minimum Gasteiger partial charge on any atom is -0.346 e. The molecule has 0 unspecified atom stereocenters. The standard InChI is InChI=1S/C16H15FN4O3S3/c1-25-16-20-9-13(21(16)11-4-2-10(17)3-5-11)15(22)19-8-12-6-7-14(26-12)27(18,23)24/h2-7,9H,8H2,1H3,(H,19,22)(H2,18,23,24). The van der Waals surface area contributed by atoms with E-state index in [9.17, 15) is 17.6 Å². The van der Waals surface area contributed by atoms with Gasteiger partial charge >= 0.3 is 0 Å². The first-order chi connectivity index (χ1) is 12.8. The normalized spacial score (nSPS) is 11.5. The minimum atomic E-state index is -3.76. The lowest BCUT2D eigenvalue weighted by molar-refractivity contribution is 0.0944. The highest BCUT2D eigenvalue weighted by atomic mass is 32.2. The van der Waals surface area contributed by atoms with Crippen LogP contribution in [0.2, 0.25) is 0 Å². The fraction of sp³-hybridized carbons (Fsp3) is 0.125. The SMILES string of the molecule is CSc1ncc(C(=O)NCc2ccc(S(N)(=O)=O)s2)n1-c1ccc(F)cc1. The summed E-state index contributed by atoms with van der Waals surface area (Å²) in [6, 6.07) is 8.73. The molecule has 11 heteroatoms. The Labute approximate surface area is 163 Å². The van der Waals surface area contributed by atoms with Crippen LogP contribution in [0.5, 0.6) is 0 Å². The Hall–Kier alpha value is -2.21. The van der Waals surface area contributed by atoms with Crippen LogP contribution in [-0.4, -0.2) is 30.1 Å². The van der Waals surface area contributed by atoms with Crippen molar-refractivity contribution in [3.05, 3.63) is 59.0 Å². The van der Waals surface area contributed by atoms with Gasteiger partial charge in [-0.2, -0.15) is 0 Å². The van der Waals surface area contributed by atoms with Crippen molar-refractivity contribution in [2.75, 3.05) is 6.26 Å². The first kappa shape index (κ1) is 19.5. The average Bonchev–Trinajstić information content (AvgIpc) is 3.27. The number of benzene rings is 1. The van der Waals surface area contributed by atoms with E-state index in [4.69, 9.17) is 5.14 Å². The summed E-state index contributed by atoms with van der Waals surface area (Å²) in [7, 11) is -3.76. The van der Waals surface area contributed by atoms with Gasteiger partial charge in [0.05, 0.1) is 12.7 Å². The largest absolute Gasteiger partial charge is 0.346 e. The molecule has 0 fully saturated rings. The zero-order valence-electron chi connectivity index (χ0n) is 14.0. The summed E-state index contributed by atoms with van der Waals surface area (Å²) in [5, 5.41) is 8.40. The molecule has 0 bridgehead atoms. The van der Waals surface area contributed by atoms with Crippen molar-refractivity contribution in [3.8, 4) is 5.69 Å². The van der Waals surface area contributed by atoms with Crippen molar-refractivity contribution in [2.24, 2.45) is 5.14 Å². The molecule has 0 aliphatic carbocycles. The zero-order valence-corrected chi connectivity index (χ0v) is 16.5. The van der Waals surface area contributed by atoms with E-state index in [1.807, 2.05) is 6.26 Å². The second kappa shape index (κ2) is 7.80. The smallest absolute Gasteiger partial charge is 0.270 e. The molecule has 0 spiro atoms. The maximum atomic E-state index is 13.2. The van der Waals surface area contributed by atoms with E-state index in [-0.39, 0.29) is 22.3 Å². The predicted molar refractivity (Wildman–Crippen MR) is 102 cm³/mol. The molecule has 1 aromatic carbocycles. The van der Waals surface area contributed by atoms with Crippen LogP contribution in [-0.2, 0) is 16.6 Å². The average molecular weight is 427 g/mol. The highest BCUT2D eigenvalue weighted by Gasteiger charge is 2.18. The zero-order chi connectivity index (χ0) is 19.6. The molecule has 0 aliphatic rings. The van der Waals surface area contributed by atoms with Gasteiger partial charge in [-0.25, -0.2) is 22.9 Å². The number of nitrogens with two attached hydrogens (primary N) is 1. The third kappa shape index (κ3) is 4.38. The number of imidazole rings is 1. The van der Waals surface area contributed by atoms with Crippen molar-refractivity contribution < 1.29 is 17.6 Å². The molecule has 3 aromatic rings. The van der Waals surface area contributed by atoms with Crippen LogP contribution >= 0.6 is 23.1 Å². The summed E-state index contributed by atoms with van der Waals surface area (Å²) in [6.45, 7) is 0.141. The quantitative estimate of drug-likeness (QED) is 0.589. The van der Waals surface area contributed by atoms with Crippen molar-refractivity contribution in [1.29, 1.82) is 0 Å². The van der Waals surface area contributed by atoms with E-state index in [0.717, 1.165) is 11.3 Å². The molecule has 2 heterocycles. The van der Waals surface area contributed by atoms with E-state index in [0.29, 0.717) is 15.7 Å². The Morgan fingerprint density at radius 1 is 1.30 bits per heavy atom. The Bertz CT molecular complexity index is 1070. The topological polar surface area (TPSA) is 107 Å². The van der Waals surface area contributed by atoms with E-state index in [1.165, 1.54) is 36.2 Å². The molecule has 3 rings (SSSR count). The van der Waals surface area contributed by atoms with E-state index in [2.05, 4.69) is 10.3 Å². The van der Waals surface area contributed by atoms with Crippen molar-refractivity contribution >= 4 is 39.0 Å². The lowest BCUT2D eigenvalue weighted by Gasteiger charge is -2.11. The van der Waals surface area contributed by atoms with Gasteiger partial charge in [-0.3, -0.25) is 9.36 Å². The van der Waals surface area contributed by atoms with Gasteiger partial charge in [0, 0.05) is 10.6 Å². The number of thiophene rings is 1. The maximum absolute atomic E-state index is 13.2. The number of sulfonamides is 1. The van der Waals surface area contributed by atoms with Gasteiger partial charge in [0.25, 0.3) is 5.91 Å². The number of carbonyl (C=O) groups excluding carboxylic acids is 1. The monoisotopic (exact) mass is 426 g/mol. The number of nitrogens with zero attached hydrogens (tertiary/aromatic N) is 2. The summed E-state index contributed by atoms with van der Waals surface area (Å²) < 4.78 is 37.5.